The van der Waals surface area contributed by atoms with E-state index in [0.717, 1.165) is 31.0 Å². The average molecular weight is 274 g/mol. The van der Waals surface area contributed by atoms with Crippen LogP contribution < -0.4 is 10.2 Å². The van der Waals surface area contributed by atoms with E-state index in [2.05, 4.69) is 34.0 Å². The van der Waals surface area contributed by atoms with Gasteiger partial charge in [-0.2, -0.15) is 0 Å². The fourth-order valence-electron chi connectivity index (χ4n) is 2.56. The second-order valence-corrected chi connectivity index (χ2v) is 5.61. The quantitative estimate of drug-likeness (QED) is 0.911. The molecule has 20 heavy (non-hydrogen) atoms. The Morgan fingerprint density at radius 2 is 2.20 bits per heavy atom. The highest BCUT2D eigenvalue weighted by Crippen LogP contribution is 2.19. The van der Waals surface area contributed by atoms with Gasteiger partial charge < -0.3 is 10.2 Å². The summed E-state index contributed by atoms with van der Waals surface area (Å²) < 4.78 is 13.1. The van der Waals surface area contributed by atoms with Crippen molar-refractivity contribution in [3.63, 3.8) is 0 Å². The minimum absolute atomic E-state index is 0.276. The summed E-state index contributed by atoms with van der Waals surface area (Å²) in [7, 11) is 0. The summed E-state index contributed by atoms with van der Waals surface area (Å²) in [6.07, 6.45) is 1.74. The predicted octanol–water partition coefficient (Wildman–Crippen LogP) is 2.20. The number of benzene rings is 1. The first-order valence-corrected chi connectivity index (χ1v) is 7.04. The molecule has 3 rings (SSSR count). The number of nitrogens with one attached hydrogen (secondary N) is 1. The number of nitrogens with zero attached hydrogens (tertiary/aromatic N) is 3. The summed E-state index contributed by atoms with van der Waals surface area (Å²) in [4.78, 5) is 11.2. The van der Waals surface area contributed by atoms with E-state index in [-0.39, 0.29) is 5.82 Å². The molecule has 0 bridgehead atoms. The van der Waals surface area contributed by atoms with E-state index < -0.39 is 0 Å². The minimum atomic E-state index is -0.276. The topological polar surface area (TPSA) is 41.1 Å². The lowest BCUT2D eigenvalue weighted by Crippen LogP contribution is -2.53. The number of piperazine rings is 1. The largest absolute Gasteiger partial charge is 0.352 e. The Kier molecular flexibility index (Phi) is 3.53. The van der Waals surface area contributed by atoms with Gasteiger partial charge >= 0.3 is 0 Å². The van der Waals surface area contributed by atoms with Crippen LogP contribution in [0.4, 0.5) is 10.2 Å². The number of rotatable bonds is 2. The van der Waals surface area contributed by atoms with E-state index in [1.165, 1.54) is 12.1 Å². The molecule has 0 unspecified atom stereocenters. The van der Waals surface area contributed by atoms with Crippen molar-refractivity contribution in [1.29, 1.82) is 0 Å². The molecule has 1 saturated heterocycles. The molecule has 0 radical (unpaired) electrons. The van der Waals surface area contributed by atoms with Crippen molar-refractivity contribution in [2.75, 3.05) is 24.5 Å². The third-order valence-electron chi connectivity index (χ3n) is 3.83. The molecule has 1 aliphatic heterocycles. The Bertz CT molecular complexity index is 614. The SMILES string of the molecule is CC(C)[C@H]1CN(c2cnc3cc(F)ccc3n2)CCN1. The summed E-state index contributed by atoms with van der Waals surface area (Å²) in [5.41, 5.74) is 1.34. The smallest absolute Gasteiger partial charge is 0.147 e. The molecule has 4 nitrogen and oxygen atoms in total. The standard InChI is InChI=1S/C15H19FN4/c1-10(2)14-9-20(6-5-17-14)15-8-18-13-7-11(16)3-4-12(13)19-15/h3-4,7-8,10,14,17H,5-6,9H2,1-2H3/t14-/m1/s1. The first kappa shape index (κ1) is 13.2. The molecule has 1 aliphatic rings. The first-order chi connectivity index (χ1) is 9.63. The molecule has 1 fully saturated rings. The number of aromatic nitrogens is 2. The maximum Gasteiger partial charge on any atom is 0.147 e. The minimum Gasteiger partial charge on any atom is -0.352 e. The maximum atomic E-state index is 13.1. The van der Waals surface area contributed by atoms with E-state index in [1.54, 1.807) is 12.3 Å². The van der Waals surface area contributed by atoms with Crippen LogP contribution in [0.5, 0.6) is 0 Å². The van der Waals surface area contributed by atoms with E-state index >= 15 is 0 Å². The van der Waals surface area contributed by atoms with Crippen molar-refractivity contribution in [1.82, 2.24) is 15.3 Å². The summed E-state index contributed by atoms with van der Waals surface area (Å²) in [5, 5.41) is 3.52. The molecule has 5 heteroatoms. The highest BCUT2D eigenvalue weighted by Gasteiger charge is 2.22. The van der Waals surface area contributed by atoms with E-state index in [1.807, 2.05) is 0 Å². The molecule has 2 aromatic rings. The van der Waals surface area contributed by atoms with Gasteiger partial charge in [-0.1, -0.05) is 13.8 Å². The van der Waals surface area contributed by atoms with Crippen LogP contribution in [0.25, 0.3) is 11.0 Å². The van der Waals surface area contributed by atoms with Gasteiger partial charge in [0.15, 0.2) is 0 Å². The molecule has 1 aromatic heterocycles. The third-order valence-corrected chi connectivity index (χ3v) is 3.83. The Balaban J connectivity index is 1.88. The molecule has 0 saturated carbocycles. The lowest BCUT2D eigenvalue weighted by atomic mass is 10.0. The van der Waals surface area contributed by atoms with Gasteiger partial charge in [0.25, 0.3) is 0 Å². The lowest BCUT2D eigenvalue weighted by molar-refractivity contribution is 0.367. The second kappa shape index (κ2) is 5.32. The van der Waals surface area contributed by atoms with Crippen LogP contribution in [-0.2, 0) is 0 Å². The van der Waals surface area contributed by atoms with Crippen LogP contribution >= 0.6 is 0 Å². The van der Waals surface area contributed by atoms with Gasteiger partial charge in [-0.15, -0.1) is 0 Å². The zero-order chi connectivity index (χ0) is 14.1. The van der Waals surface area contributed by atoms with Crippen LogP contribution in [0.15, 0.2) is 24.4 Å². The summed E-state index contributed by atoms with van der Waals surface area (Å²) in [6.45, 7) is 7.24. The number of anilines is 1. The monoisotopic (exact) mass is 274 g/mol. The van der Waals surface area contributed by atoms with E-state index in [0.29, 0.717) is 17.5 Å². The Morgan fingerprint density at radius 1 is 1.35 bits per heavy atom. The van der Waals surface area contributed by atoms with Crippen molar-refractivity contribution in [2.24, 2.45) is 5.92 Å². The number of hydrogen-bond donors (Lipinski definition) is 1. The van der Waals surface area contributed by atoms with Crippen molar-refractivity contribution < 1.29 is 4.39 Å². The first-order valence-electron chi connectivity index (χ1n) is 7.04. The van der Waals surface area contributed by atoms with E-state index in [4.69, 9.17) is 0 Å². The summed E-state index contributed by atoms with van der Waals surface area (Å²) in [6, 6.07) is 4.99. The molecule has 2 heterocycles. The molecule has 1 aromatic carbocycles. The van der Waals surface area contributed by atoms with Crippen molar-refractivity contribution in [3.05, 3.63) is 30.2 Å². The molecular weight excluding hydrogens is 255 g/mol. The number of hydrogen-bond acceptors (Lipinski definition) is 4. The van der Waals surface area contributed by atoms with Gasteiger partial charge in [0, 0.05) is 31.7 Å². The fourth-order valence-corrected chi connectivity index (χ4v) is 2.56. The highest BCUT2D eigenvalue weighted by molar-refractivity contribution is 5.75. The number of halogens is 1. The highest BCUT2D eigenvalue weighted by atomic mass is 19.1. The molecule has 1 atom stereocenters. The van der Waals surface area contributed by atoms with Gasteiger partial charge in [-0.05, 0) is 18.1 Å². The summed E-state index contributed by atoms with van der Waals surface area (Å²) in [5.74, 6) is 1.18. The molecule has 0 amide bonds. The lowest BCUT2D eigenvalue weighted by Gasteiger charge is -2.36. The van der Waals surface area contributed by atoms with Crippen LogP contribution in [-0.4, -0.2) is 35.6 Å². The van der Waals surface area contributed by atoms with E-state index in [9.17, 15) is 4.39 Å². The van der Waals surface area contributed by atoms with Crippen LogP contribution in [0.2, 0.25) is 0 Å². The van der Waals surface area contributed by atoms with Crippen LogP contribution in [0.3, 0.4) is 0 Å². The molecule has 0 aliphatic carbocycles. The van der Waals surface area contributed by atoms with Gasteiger partial charge in [0.2, 0.25) is 0 Å². The van der Waals surface area contributed by atoms with Gasteiger partial charge in [0.05, 0.1) is 17.2 Å². The Labute approximate surface area is 118 Å². The van der Waals surface area contributed by atoms with Crippen LogP contribution in [0.1, 0.15) is 13.8 Å². The fraction of sp³-hybridized carbons (Fsp3) is 0.467. The second-order valence-electron chi connectivity index (χ2n) is 5.61. The van der Waals surface area contributed by atoms with Crippen LogP contribution in [0, 0.1) is 11.7 Å². The van der Waals surface area contributed by atoms with Crippen molar-refractivity contribution in [3.8, 4) is 0 Å². The predicted molar refractivity (Wildman–Crippen MR) is 78.3 cm³/mol. The molecule has 106 valence electrons. The van der Waals surface area contributed by atoms with Crippen molar-refractivity contribution >= 4 is 16.9 Å². The van der Waals surface area contributed by atoms with Gasteiger partial charge in [-0.25, -0.2) is 9.37 Å². The normalized spacial score (nSPS) is 19.8. The molecule has 0 spiro atoms. The molecule has 1 N–H and O–H groups in total. The van der Waals surface area contributed by atoms with Gasteiger partial charge in [0.1, 0.15) is 11.6 Å². The average Bonchev–Trinajstić information content (AvgIpc) is 2.47. The number of fused-ring (bicyclic) bond motifs is 1. The zero-order valence-electron chi connectivity index (χ0n) is 11.8. The summed E-state index contributed by atoms with van der Waals surface area (Å²) >= 11 is 0. The Morgan fingerprint density at radius 3 is 3.00 bits per heavy atom. The molecular formula is C15H19FN4. The third kappa shape index (κ3) is 2.58. The Hall–Kier alpha value is -1.75. The maximum absolute atomic E-state index is 13.1. The van der Waals surface area contributed by atoms with Crippen molar-refractivity contribution in [2.45, 2.75) is 19.9 Å². The zero-order valence-corrected chi connectivity index (χ0v) is 11.8. The van der Waals surface area contributed by atoms with Gasteiger partial charge in [-0.3, -0.25) is 4.98 Å².